The molecule has 3 rings (SSSR count). The Labute approximate surface area is 142 Å². The van der Waals surface area contributed by atoms with Crippen LogP contribution in [0.25, 0.3) is 0 Å². The molecule has 0 aromatic heterocycles. The van der Waals surface area contributed by atoms with Gasteiger partial charge in [0, 0.05) is 37.8 Å². The average molecular weight is 332 g/mol. The fourth-order valence-corrected chi connectivity index (χ4v) is 3.29. The Kier molecular flexibility index (Phi) is 4.64. The summed E-state index contributed by atoms with van der Waals surface area (Å²) in [5.74, 6) is 1.07. The predicted octanol–water partition coefficient (Wildman–Crippen LogP) is 2.42. The Balaban J connectivity index is 1.70. The van der Waals surface area contributed by atoms with Crippen molar-refractivity contribution in [1.29, 1.82) is 0 Å². The minimum atomic E-state index is -0.285. The zero-order valence-electron chi connectivity index (χ0n) is 14.4. The summed E-state index contributed by atoms with van der Waals surface area (Å²) < 4.78 is 10.7. The first kappa shape index (κ1) is 16.6. The van der Waals surface area contributed by atoms with Crippen molar-refractivity contribution in [2.45, 2.75) is 39.2 Å². The van der Waals surface area contributed by atoms with Crippen molar-refractivity contribution < 1.29 is 19.1 Å². The van der Waals surface area contributed by atoms with E-state index in [9.17, 15) is 9.59 Å². The van der Waals surface area contributed by atoms with Gasteiger partial charge in [-0.25, -0.2) is 0 Å². The Morgan fingerprint density at radius 2 is 2.12 bits per heavy atom. The van der Waals surface area contributed by atoms with Gasteiger partial charge in [-0.2, -0.15) is 0 Å². The molecule has 1 aromatic carbocycles. The van der Waals surface area contributed by atoms with Gasteiger partial charge in [0.1, 0.15) is 0 Å². The van der Waals surface area contributed by atoms with Crippen molar-refractivity contribution in [3.63, 3.8) is 0 Å². The van der Waals surface area contributed by atoms with Crippen LogP contribution in [0.15, 0.2) is 18.2 Å². The van der Waals surface area contributed by atoms with Crippen molar-refractivity contribution in [2.24, 2.45) is 5.92 Å². The number of rotatable bonds is 5. The van der Waals surface area contributed by atoms with Gasteiger partial charge in [-0.05, 0) is 25.5 Å². The second kappa shape index (κ2) is 6.71. The average Bonchev–Trinajstić information content (AvgIpc) is 3.19. The topological polar surface area (TPSA) is 59.1 Å². The Morgan fingerprint density at radius 1 is 1.38 bits per heavy atom. The van der Waals surface area contributed by atoms with E-state index in [1.54, 1.807) is 21.9 Å². The lowest BCUT2D eigenvalue weighted by molar-refractivity contribution is -0.136. The Bertz CT molecular complexity index is 646. The number of benzene rings is 1. The zero-order chi connectivity index (χ0) is 17.3. The standard InChI is InChI=1S/C18H24N2O4/c1-4-5-12(2)19(3)18(22)13-8-17(21)20(10-13)14-6-7-15-16(9-14)24-11-23-15/h6-7,9,12-13H,4-5,8,10-11H2,1-3H3/t12-,13+/m1/s1. The number of anilines is 1. The fourth-order valence-electron chi connectivity index (χ4n) is 3.29. The molecule has 24 heavy (non-hydrogen) atoms. The van der Waals surface area contributed by atoms with Gasteiger partial charge in [0.05, 0.1) is 5.92 Å². The summed E-state index contributed by atoms with van der Waals surface area (Å²) in [7, 11) is 1.83. The van der Waals surface area contributed by atoms with E-state index in [2.05, 4.69) is 6.92 Å². The van der Waals surface area contributed by atoms with Crippen LogP contribution in [0.1, 0.15) is 33.1 Å². The highest BCUT2D eigenvalue weighted by atomic mass is 16.7. The Hall–Kier alpha value is -2.24. The number of nitrogens with zero attached hydrogens (tertiary/aromatic N) is 2. The summed E-state index contributed by atoms with van der Waals surface area (Å²) >= 11 is 0. The second-order valence-corrected chi connectivity index (χ2v) is 6.53. The third kappa shape index (κ3) is 3.05. The van der Waals surface area contributed by atoms with Gasteiger partial charge in [0.2, 0.25) is 18.6 Å². The highest BCUT2D eigenvalue weighted by molar-refractivity contribution is 6.00. The molecule has 2 atom stereocenters. The minimum absolute atomic E-state index is 0.0243. The van der Waals surface area contributed by atoms with Gasteiger partial charge >= 0.3 is 0 Å². The van der Waals surface area contributed by atoms with Crippen molar-refractivity contribution >= 4 is 17.5 Å². The molecule has 6 heteroatoms. The van der Waals surface area contributed by atoms with E-state index in [0.717, 1.165) is 18.5 Å². The molecule has 0 N–H and O–H groups in total. The van der Waals surface area contributed by atoms with Crippen LogP contribution in [0.4, 0.5) is 5.69 Å². The molecule has 1 aromatic rings. The van der Waals surface area contributed by atoms with Crippen molar-refractivity contribution in [1.82, 2.24) is 4.90 Å². The molecule has 6 nitrogen and oxygen atoms in total. The smallest absolute Gasteiger partial charge is 0.231 e. The largest absolute Gasteiger partial charge is 0.454 e. The molecule has 1 fully saturated rings. The van der Waals surface area contributed by atoms with Gasteiger partial charge in [-0.3, -0.25) is 9.59 Å². The maximum absolute atomic E-state index is 12.7. The molecular formula is C18H24N2O4. The van der Waals surface area contributed by atoms with Crippen molar-refractivity contribution in [3.05, 3.63) is 18.2 Å². The molecule has 130 valence electrons. The quantitative estimate of drug-likeness (QED) is 0.831. The third-order valence-corrected chi connectivity index (χ3v) is 4.86. The first-order chi connectivity index (χ1) is 11.5. The van der Waals surface area contributed by atoms with Gasteiger partial charge in [-0.15, -0.1) is 0 Å². The number of hydrogen-bond donors (Lipinski definition) is 0. The van der Waals surface area contributed by atoms with E-state index in [-0.39, 0.29) is 37.0 Å². The minimum Gasteiger partial charge on any atom is -0.454 e. The lowest BCUT2D eigenvalue weighted by Gasteiger charge is -2.27. The van der Waals surface area contributed by atoms with E-state index in [1.165, 1.54) is 0 Å². The molecule has 2 aliphatic rings. The molecule has 2 amide bonds. The third-order valence-electron chi connectivity index (χ3n) is 4.86. The van der Waals surface area contributed by atoms with Gasteiger partial charge in [0.15, 0.2) is 11.5 Å². The fraction of sp³-hybridized carbons (Fsp3) is 0.556. The molecule has 0 aliphatic carbocycles. The SMILES string of the molecule is CCC[C@@H](C)N(C)C(=O)[C@H]1CC(=O)N(c2ccc3c(c2)OCO3)C1. The lowest BCUT2D eigenvalue weighted by Crippen LogP contribution is -2.40. The summed E-state index contributed by atoms with van der Waals surface area (Å²) in [6, 6.07) is 5.63. The predicted molar refractivity (Wildman–Crippen MR) is 90.2 cm³/mol. The van der Waals surface area contributed by atoms with Gasteiger partial charge < -0.3 is 19.3 Å². The van der Waals surface area contributed by atoms with Crippen LogP contribution in [-0.2, 0) is 9.59 Å². The van der Waals surface area contributed by atoms with Crippen molar-refractivity contribution in [2.75, 3.05) is 25.3 Å². The maximum Gasteiger partial charge on any atom is 0.231 e. The normalized spacial score (nSPS) is 20.4. The number of fused-ring (bicyclic) bond motifs is 1. The second-order valence-electron chi connectivity index (χ2n) is 6.53. The van der Waals surface area contributed by atoms with E-state index in [0.29, 0.717) is 18.0 Å². The number of amides is 2. The molecule has 0 spiro atoms. The molecule has 0 bridgehead atoms. The zero-order valence-corrected chi connectivity index (χ0v) is 14.4. The monoisotopic (exact) mass is 332 g/mol. The van der Waals surface area contributed by atoms with Crippen LogP contribution < -0.4 is 14.4 Å². The summed E-state index contributed by atoms with van der Waals surface area (Å²) in [6.45, 7) is 4.78. The van der Waals surface area contributed by atoms with E-state index >= 15 is 0 Å². The van der Waals surface area contributed by atoms with Crippen LogP contribution in [0.3, 0.4) is 0 Å². The van der Waals surface area contributed by atoms with E-state index in [1.807, 2.05) is 20.0 Å². The Morgan fingerprint density at radius 3 is 2.88 bits per heavy atom. The first-order valence-electron chi connectivity index (χ1n) is 8.48. The van der Waals surface area contributed by atoms with E-state index in [4.69, 9.17) is 9.47 Å². The highest BCUT2D eigenvalue weighted by Gasteiger charge is 2.37. The maximum atomic E-state index is 12.7. The van der Waals surface area contributed by atoms with Crippen LogP contribution in [0.2, 0.25) is 0 Å². The molecule has 0 unspecified atom stereocenters. The summed E-state index contributed by atoms with van der Waals surface area (Å²) in [4.78, 5) is 28.5. The summed E-state index contributed by atoms with van der Waals surface area (Å²) in [5.41, 5.74) is 0.754. The van der Waals surface area contributed by atoms with Crippen LogP contribution in [-0.4, -0.2) is 43.1 Å². The van der Waals surface area contributed by atoms with Crippen LogP contribution in [0, 0.1) is 5.92 Å². The molecule has 0 radical (unpaired) electrons. The van der Waals surface area contributed by atoms with E-state index < -0.39 is 0 Å². The number of carbonyl (C=O) groups is 2. The first-order valence-corrected chi connectivity index (χ1v) is 8.48. The highest BCUT2D eigenvalue weighted by Crippen LogP contribution is 2.37. The summed E-state index contributed by atoms with van der Waals surface area (Å²) in [5, 5.41) is 0. The molecule has 2 heterocycles. The van der Waals surface area contributed by atoms with Crippen molar-refractivity contribution in [3.8, 4) is 11.5 Å². The molecule has 0 saturated carbocycles. The van der Waals surface area contributed by atoms with Gasteiger partial charge in [-0.1, -0.05) is 13.3 Å². The van der Waals surface area contributed by atoms with Gasteiger partial charge in [0.25, 0.3) is 0 Å². The molecule has 2 aliphatic heterocycles. The molecule has 1 saturated heterocycles. The number of carbonyl (C=O) groups excluding carboxylic acids is 2. The van der Waals surface area contributed by atoms with Crippen LogP contribution in [0.5, 0.6) is 11.5 Å². The number of ether oxygens (including phenoxy) is 2. The molecular weight excluding hydrogens is 308 g/mol. The van der Waals surface area contributed by atoms with Crippen LogP contribution >= 0.6 is 0 Å². The lowest BCUT2D eigenvalue weighted by atomic mass is 10.1. The number of hydrogen-bond acceptors (Lipinski definition) is 4. The summed E-state index contributed by atoms with van der Waals surface area (Å²) in [6.07, 6.45) is 2.26.